The average Bonchev–Trinajstić information content (AvgIpc) is 2.45. The first-order chi connectivity index (χ1) is 9.88. The van der Waals surface area contributed by atoms with Gasteiger partial charge >= 0.3 is 12.3 Å². The highest BCUT2D eigenvalue weighted by Gasteiger charge is 2.40. The van der Waals surface area contributed by atoms with Gasteiger partial charge in [-0.2, -0.15) is 23.7 Å². The van der Waals surface area contributed by atoms with Crippen LogP contribution in [-0.4, -0.2) is 46.9 Å². The van der Waals surface area contributed by atoms with E-state index in [2.05, 4.69) is 20.3 Å². The number of piperidine rings is 1. The molecule has 0 aliphatic carbocycles. The van der Waals surface area contributed by atoms with Crippen LogP contribution in [0, 0.1) is 0 Å². The zero-order valence-electron chi connectivity index (χ0n) is 11.2. The van der Waals surface area contributed by atoms with E-state index in [9.17, 15) is 17.6 Å². The van der Waals surface area contributed by atoms with Gasteiger partial charge in [0.2, 0.25) is 17.8 Å². The average molecular weight is 308 g/mol. The van der Waals surface area contributed by atoms with Gasteiger partial charge in [-0.25, -0.2) is 8.78 Å². The third-order valence-electron chi connectivity index (χ3n) is 3.08. The molecule has 6 nitrogen and oxygen atoms in total. The van der Waals surface area contributed by atoms with Crippen molar-refractivity contribution in [1.82, 2.24) is 15.0 Å². The van der Waals surface area contributed by atoms with Crippen LogP contribution >= 0.6 is 0 Å². The summed E-state index contributed by atoms with van der Waals surface area (Å²) in [5.41, 5.74) is 5.50. The maximum absolute atomic E-state index is 12.9. The molecule has 1 aliphatic heterocycles. The van der Waals surface area contributed by atoms with E-state index in [0.717, 1.165) is 32.4 Å². The molecule has 3 N–H and O–H groups in total. The first kappa shape index (κ1) is 15.5. The number of hydrogen-bond acceptors (Lipinski definition) is 6. The molecule has 0 spiro atoms. The van der Waals surface area contributed by atoms with Gasteiger partial charge in [0.25, 0.3) is 0 Å². The predicted octanol–water partition coefficient (Wildman–Crippen LogP) is 1.76. The van der Waals surface area contributed by atoms with E-state index in [1.807, 2.05) is 4.90 Å². The molecule has 10 heteroatoms. The molecule has 1 aromatic rings. The number of nitrogen functional groups attached to an aromatic ring is 1. The van der Waals surface area contributed by atoms with Crippen LogP contribution < -0.4 is 16.0 Å². The fourth-order valence-electron chi connectivity index (χ4n) is 1.97. The van der Waals surface area contributed by atoms with E-state index in [1.165, 1.54) is 0 Å². The van der Waals surface area contributed by atoms with E-state index in [-0.39, 0.29) is 17.8 Å². The minimum atomic E-state index is -4.16. The van der Waals surface area contributed by atoms with Gasteiger partial charge in [-0.1, -0.05) is 0 Å². The molecule has 0 aromatic carbocycles. The summed E-state index contributed by atoms with van der Waals surface area (Å²) in [5.74, 6) is -4.27. The molecular formula is C11H16F4N6. The lowest BCUT2D eigenvalue weighted by Gasteiger charge is -2.26. The molecule has 2 rings (SSSR count). The highest BCUT2D eigenvalue weighted by molar-refractivity contribution is 5.42. The summed E-state index contributed by atoms with van der Waals surface area (Å²) < 4.78 is 49.9. The SMILES string of the molecule is Nc1nc(NCC(F)(F)C(F)F)nc(N2CCCCC2)n1. The van der Waals surface area contributed by atoms with Crippen molar-refractivity contribution >= 4 is 17.8 Å². The van der Waals surface area contributed by atoms with Gasteiger partial charge in [0.05, 0.1) is 6.54 Å². The Morgan fingerprint density at radius 1 is 1.14 bits per heavy atom. The lowest BCUT2D eigenvalue weighted by atomic mass is 10.1. The zero-order chi connectivity index (χ0) is 15.5. The lowest BCUT2D eigenvalue weighted by Crippen LogP contribution is -2.36. The molecule has 1 aromatic heterocycles. The largest absolute Gasteiger partial charge is 0.368 e. The molecule has 1 saturated heterocycles. The minimum Gasteiger partial charge on any atom is -0.368 e. The number of nitrogens with two attached hydrogens (primary N) is 1. The second kappa shape index (κ2) is 6.27. The quantitative estimate of drug-likeness (QED) is 0.807. The lowest BCUT2D eigenvalue weighted by molar-refractivity contribution is -0.117. The fraction of sp³-hybridized carbons (Fsp3) is 0.727. The van der Waals surface area contributed by atoms with Crippen LogP contribution in [0.3, 0.4) is 0 Å². The van der Waals surface area contributed by atoms with Crippen molar-refractivity contribution in [2.75, 3.05) is 35.6 Å². The number of nitrogens with one attached hydrogen (secondary N) is 1. The van der Waals surface area contributed by atoms with Crippen LogP contribution in [0.1, 0.15) is 19.3 Å². The molecular weight excluding hydrogens is 292 g/mol. The van der Waals surface area contributed by atoms with Gasteiger partial charge < -0.3 is 16.0 Å². The van der Waals surface area contributed by atoms with Gasteiger partial charge in [0.1, 0.15) is 0 Å². The Bertz CT molecular complexity index is 478. The maximum atomic E-state index is 12.9. The summed E-state index contributed by atoms with van der Waals surface area (Å²) in [6, 6.07) is 0. The minimum absolute atomic E-state index is 0.145. The molecule has 0 atom stereocenters. The van der Waals surface area contributed by atoms with Gasteiger partial charge in [0.15, 0.2) is 0 Å². The van der Waals surface area contributed by atoms with Crippen molar-refractivity contribution < 1.29 is 17.6 Å². The smallest absolute Gasteiger partial charge is 0.324 e. The Morgan fingerprint density at radius 3 is 2.43 bits per heavy atom. The standard InChI is InChI=1S/C11H16F4N6/c12-7(13)11(14,15)6-17-9-18-8(16)19-10(20-9)21-4-2-1-3-5-21/h7H,1-6H2,(H3,16,17,18,19,20). The summed E-state index contributed by atoms with van der Waals surface area (Å²) in [6.45, 7) is 0.194. The molecule has 118 valence electrons. The molecule has 0 bridgehead atoms. The van der Waals surface area contributed by atoms with Crippen molar-refractivity contribution in [2.45, 2.75) is 31.6 Å². The monoisotopic (exact) mass is 308 g/mol. The van der Waals surface area contributed by atoms with Gasteiger partial charge in [-0.3, -0.25) is 0 Å². The van der Waals surface area contributed by atoms with Crippen LogP contribution in [0.4, 0.5) is 35.4 Å². The van der Waals surface area contributed by atoms with Crippen LogP contribution in [0.15, 0.2) is 0 Å². The van der Waals surface area contributed by atoms with Crippen LogP contribution in [-0.2, 0) is 0 Å². The van der Waals surface area contributed by atoms with E-state index in [1.54, 1.807) is 0 Å². The molecule has 0 amide bonds. The highest BCUT2D eigenvalue weighted by Crippen LogP contribution is 2.23. The Labute approximate surface area is 118 Å². The predicted molar refractivity (Wildman–Crippen MR) is 69.7 cm³/mol. The number of rotatable bonds is 5. The van der Waals surface area contributed by atoms with E-state index < -0.39 is 18.9 Å². The second-order valence-corrected chi connectivity index (χ2v) is 4.78. The molecule has 2 heterocycles. The third-order valence-corrected chi connectivity index (χ3v) is 3.08. The summed E-state index contributed by atoms with van der Waals surface area (Å²) >= 11 is 0. The summed E-state index contributed by atoms with van der Waals surface area (Å²) in [6.07, 6.45) is -0.718. The molecule has 1 fully saturated rings. The van der Waals surface area contributed by atoms with Crippen molar-refractivity contribution in [3.05, 3.63) is 0 Å². The number of halogens is 4. The summed E-state index contributed by atoms with van der Waals surface area (Å²) in [7, 11) is 0. The van der Waals surface area contributed by atoms with Gasteiger partial charge in [-0.05, 0) is 19.3 Å². The maximum Gasteiger partial charge on any atom is 0.324 e. The van der Waals surface area contributed by atoms with Gasteiger partial charge in [0, 0.05) is 13.1 Å². The van der Waals surface area contributed by atoms with Crippen molar-refractivity contribution in [1.29, 1.82) is 0 Å². The van der Waals surface area contributed by atoms with E-state index in [0.29, 0.717) is 0 Å². The summed E-state index contributed by atoms with van der Waals surface area (Å²) in [5, 5.41) is 2.09. The molecule has 0 unspecified atom stereocenters. The fourth-order valence-corrected chi connectivity index (χ4v) is 1.97. The van der Waals surface area contributed by atoms with Crippen LogP contribution in [0.5, 0.6) is 0 Å². The Morgan fingerprint density at radius 2 is 1.81 bits per heavy atom. The first-order valence-electron chi connectivity index (χ1n) is 6.55. The second-order valence-electron chi connectivity index (χ2n) is 4.78. The van der Waals surface area contributed by atoms with Crippen molar-refractivity contribution in [3.8, 4) is 0 Å². The number of alkyl halides is 4. The van der Waals surface area contributed by atoms with E-state index in [4.69, 9.17) is 5.73 Å². The Balaban J connectivity index is 2.08. The Hall–Kier alpha value is -1.87. The number of hydrogen-bond donors (Lipinski definition) is 2. The van der Waals surface area contributed by atoms with Gasteiger partial charge in [-0.15, -0.1) is 0 Å². The molecule has 0 radical (unpaired) electrons. The first-order valence-corrected chi connectivity index (χ1v) is 6.55. The Kier molecular flexibility index (Phi) is 4.63. The number of anilines is 3. The molecule has 21 heavy (non-hydrogen) atoms. The molecule has 1 aliphatic rings. The van der Waals surface area contributed by atoms with Crippen molar-refractivity contribution in [3.63, 3.8) is 0 Å². The van der Waals surface area contributed by atoms with Crippen LogP contribution in [0.25, 0.3) is 0 Å². The van der Waals surface area contributed by atoms with E-state index >= 15 is 0 Å². The number of nitrogens with zero attached hydrogens (tertiary/aromatic N) is 4. The summed E-state index contributed by atoms with van der Waals surface area (Å²) in [4.78, 5) is 13.4. The van der Waals surface area contributed by atoms with Crippen molar-refractivity contribution in [2.24, 2.45) is 0 Å². The number of aromatic nitrogens is 3. The highest BCUT2D eigenvalue weighted by atomic mass is 19.3. The molecule has 0 saturated carbocycles. The topological polar surface area (TPSA) is 80.0 Å². The normalized spacial score (nSPS) is 16.3. The zero-order valence-corrected chi connectivity index (χ0v) is 11.2. The van der Waals surface area contributed by atoms with Crippen LogP contribution in [0.2, 0.25) is 0 Å². The third kappa shape index (κ3) is 4.05.